The van der Waals surface area contributed by atoms with Gasteiger partial charge in [0.05, 0.1) is 5.92 Å². The van der Waals surface area contributed by atoms with Crippen molar-refractivity contribution in [2.75, 3.05) is 24.5 Å². The maximum Gasteiger partial charge on any atom is 0.231 e. The molecule has 90 valence electrons. The standard InChI is InChI=1S/C14H18N2O/c1-2-10-3-5-12(6-4-10)16-9-11-7-15-8-13(11)14(16)17/h3-6,11,13,15H,2,7-9H2,1H3. The molecule has 2 fully saturated rings. The Bertz CT molecular complexity index is 426. The van der Waals surface area contributed by atoms with Crippen molar-refractivity contribution in [1.29, 1.82) is 0 Å². The highest BCUT2D eigenvalue weighted by molar-refractivity contribution is 5.98. The highest BCUT2D eigenvalue weighted by Crippen LogP contribution is 2.31. The molecule has 2 unspecified atom stereocenters. The molecular weight excluding hydrogens is 212 g/mol. The first kappa shape index (κ1) is 10.8. The van der Waals surface area contributed by atoms with E-state index in [9.17, 15) is 4.79 Å². The third-order valence-electron chi connectivity index (χ3n) is 4.00. The average Bonchev–Trinajstić information content (AvgIpc) is 2.93. The molecule has 2 aliphatic heterocycles. The smallest absolute Gasteiger partial charge is 0.231 e. The average molecular weight is 230 g/mol. The molecule has 1 amide bonds. The molecule has 17 heavy (non-hydrogen) atoms. The van der Waals surface area contributed by atoms with Gasteiger partial charge in [-0.05, 0) is 24.1 Å². The normalized spacial score (nSPS) is 27.6. The SMILES string of the molecule is CCc1ccc(N2CC3CNCC3C2=O)cc1. The fourth-order valence-corrected chi connectivity index (χ4v) is 2.88. The van der Waals surface area contributed by atoms with Crippen LogP contribution in [0, 0.1) is 11.8 Å². The van der Waals surface area contributed by atoms with Crippen LogP contribution in [0.1, 0.15) is 12.5 Å². The van der Waals surface area contributed by atoms with Crippen LogP contribution in [0.25, 0.3) is 0 Å². The summed E-state index contributed by atoms with van der Waals surface area (Å²) in [6, 6.07) is 8.39. The van der Waals surface area contributed by atoms with Gasteiger partial charge in [0.2, 0.25) is 5.91 Å². The zero-order valence-corrected chi connectivity index (χ0v) is 10.1. The summed E-state index contributed by atoms with van der Waals surface area (Å²) in [5.74, 6) is 1.01. The molecule has 2 aliphatic rings. The molecule has 3 rings (SSSR count). The van der Waals surface area contributed by atoms with E-state index < -0.39 is 0 Å². The molecule has 1 aromatic carbocycles. The van der Waals surface area contributed by atoms with Crippen molar-refractivity contribution in [3.8, 4) is 0 Å². The van der Waals surface area contributed by atoms with E-state index in [2.05, 4.69) is 36.5 Å². The second-order valence-corrected chi connectivity index (χ2v) is 4.99. The van der Waals surface area contributed by atoms with Gasteiger partial charge in [0, 0.05) is 31.2 Å². The van der Waals surface area contributed by atoms with E-state index in [-0.39, 0.29) is 5.92 Å². The number of anilines is 1. The molecule has 3 nitrogen and oxygen atoms in total. The third-order valence-corrected chi connectivity index (χ3v) is 4.00. The van der Waals surface area contributed by atoms with Crippen LogP contribution in [-0.4, -0.2) is 25.5 Å². The van der Waals surface area contributed by atoms with Crippen molar-refractivity contribution in [1.82, 2.24) is 5.32 Å². The second-order valence-electron chi connectivity index (χ2n) is 4.99. The van der Waals surface area contributed by atoms with Gasteiger partial charge in [-0.2, -0.15) is 0 Å². The summed E-state index contributed by atoms with van der Waals surface area (Å²) < 4.78 is 0. The van der Waals surface area contributed by atoms with Crippen LogP contribution in [0.2, 0.25) is 0 Å². The minimum atomic E-state index is 0.209. The number of nitrogens with zero attached hydrogens (tertiary/aromatic N) is 1. The first-order valence-electron chi connectivity index (χ1n) is 6.40. The molecule has 0 aliphatic carbocycles. The van der Waals surface area contributed by atoms with Crippen molar-refractivity contribution in [2.24, 2.45) is 11.8 Å². The summed E-state index contributed by atoms with van der Waals surface area (Å²) in [6.07, 6.45) is 1.05. The summed E-state index contributed by atoms with van der Waals surface area (Å²) in [5.41, 5.74) is 2.38. The number of benzene rings is 1. The van der Waals surface area contributed by atoms with Crippen LogP contribution in [0.4, 0.5) is 5.69 Å². The molecule has 0 spiro atoms. The predicted octanol–water partition coefficient (Wildman–Crippen LogP) is 1.43. The number of carbonyl (C=O) groups excluding carboxylic acids is 1. The maximum atomic E-state index is 12.2. The minimum absolute atomic E-state index is 0.209. The largest absolute Gasteiger partial charge is 0.316 e. The number of hydrogen-bond donors (Lipinski definition) is 1. The number of nitrogens with one attached hydrogen (secondary N) is 1. The lowest BCUT2D eigenvalue weighted by Gasteiger charge is -2.18. The third kappa shape index (κ3) is 1.75. The second kappa shape index (κ2) is 4.15. The van der Waals surface area contributed by atoms with Crippen molar-refractivity contribution in [2.45, 2.75) is 13.3 Å². The van der Waals surface area contributed by atoms with E-state index in [4.69, 9.17) is 0 Å². The number of carbonyl (C=O) groups is 1. The van der Waals surface area contributed by atoms with Crippen LogP contribution >= 0.6 is 0 Å². The van der Waals surface area contributed by atoms with Gasteiger partial charge in [-0.15, -0.1) is 0 Å². The number of amides is 1. The van der Waals surface area contributed by atoms with E-state index in [1.165, 1.54) is 5.56 Å². The first-order valence-corrected chi connectivity index (χ1v) is 6.40. The van der Waals surface area contributed by atoms with Gasteiger partial charge < -0.3 is 10.2 Å². The van der Waals surface area contributed by atoms with Gasteiger partial charge in [0.15, 0.2) is 0 Å². The molecule has 2 heterocycles. The van der Waals surface area contributed by atoms with Crippen LogP contribution in [0.15, 0.2) is 24.3 Å². The summed E-state index contributed by atoms with van der Waals surface area (Å²) in [4.78, 5) is 14.2. The van der Waals surface area contributed by atoms with Gasteiger partial charge in [0.1, 0.15) is 0 Å². The quantitative estimate of drug-likeness (QED) is 0.833. The van der Waals surface area contributed by atoms with Crippen LogP contribution < -0.4 is 10.2 Å². The molecule has 2 saturated heterocycles. The van der Waals surface area contributed by atoms with Gasteiger partial charge in [-0.1, -0.05) is 19.1 Å². The zero-order chi connectivity index (χ0) is 11.8. The summed E-state index contributed by atoms with van der Waals surface area (Å²) >= 11 is 0. The van der Waals surface area contributed by atoms with Gasteiger partial charge >= 0.3 is 0 Å². The van der Waals surface area contributed by atoms with Crippen LogP contribution in [0.5, 0.6) is 0 Å². The molecular formula is C14H18N2O. The monoisotopic (exact) mass is 230 g/mol. The number of hydrogen-bond acceptors (Lipinski definition) is 2. The van der Waals surface area contributed by atoms with Crippen molar-refractivity contribution in [3.05, 3.63) is 29.8 Å². The lowest BCUT2D eigenvalue weighted by atomic mass is 10.0. The molecule has 1 N–H and O–H groups in total. The molecule has 0 bridgehead atoms. The van der Waals surface area contributed by atoms with Crippen molar-refractivity contribution in [3.63, 3.8) is 0 Å². The zero-order valence-electron chi connectivity index (χ0n) is 10.1. The van der Waals surface area contributed by atoms with Gasteiger partial charge in [-0.3, -0.25) is 4.79 Å². The van der Waals surface area contributed by atoms with Crippen LogP contribution in [-0.2, 0) is 11.2 Å². The fraction of sp³-hybridized carbons (Fsp3) is 0.500. The van der Waals surface area contributed by atoms with E-state index in [0.717, 1.165) is 31.7 Å². The van der Waals surface area contributed by atoms with E-state index in [0.29, 0.717) is 11.8 Å². The predicted molar refractivity (Wildman–Crippen MR) is 68.0 cm³/mol. The topological polar surface area (TPSA) is 32.3 Å². The Balaban J connectivity index is 1.82. The Hall–Kier alpha value is -1.35. The lowest BCUT2D eigenvalue weighted by molar-refractivity contribution is -0.120. The maximum absolute atomic E-state index is 12.2. The molecule has 3 heteroatoms. The Kier molecular flexibility index (Phi) is 2.63. The Labute approximate surface area is 102 Å². The Morgan fingerprint density at radius 1 is 1.29 bits per heavy atom. The van der Waals surface area contributed by atoms with Crippen molar-refractivity contribution < 1.29 is 4.79 Å². The van der Waals surface area contributed by atoms with Gasteiger partial charge in [0.25, 0.3) is 0 Å². The van der Waals surface area contributed by atoms with Gasteiger partial charge in [-0.25, -0.2) is 0 Å². The lowest BCUT2D eigenvalue weighted by Crippen LogP contribution is -2.30. The number of fused-ring (bicyclic) bond motifs is 1. The number of aryl methyl sites for hydroxylation is 1. The molecule has 2 atom stereocenters. The Morgan fingerprint density at radius 3 is 2.71 bits per heavy atom. The van der Waals surface area contributed by atoms with E-state index >= 15 is 0 Å². The van der Waals surface area contributed by atoms with E-state index in [1.807, 2.05) is 4.90 Å². The highest BCUT2D eigenvalue weighted by Gasteiger charge is 2.43. The summed E-state index contributed by atoms with van der Waals surface area (Å²) in [5, 5.41) is 3.30. The van der Waals surface area contributed by atoms with E-state index in [1.54, 1.807) is 0 Å². The van der Waals surface area contributed by atoms with Crippen molar-refractivity contribution >= 4 is 11.6 Å². The summed E-state index contributed by atoms with van der Waals surface area (Å²) in [7, 11) is 0. The molecule has 1 aromatic rings. The molecule has 0 radical (unpaired) electrons. The fourth-order valence-electron chi connectivity index (χ4n) is 2.88. The Morgan fingerprint density at radius 2 is 2.06 bits per heavy atom. The molecule has 0 aromatic heterocycles. The minimum Gasteiger partial charge on any atom is -0.316 e. The number of rotatable bonds is 2. The highest BCUT2D eigenvalue weighted by atomic mass is 16.2. The first-order chi connectivity index (χ1) is 8.29. The van der Waals surface area contributed by atoms with Crippen LogP contribution in [0.3, 0.4) is 0 Å². The summed E-state index contributed by atoms with van der Waals surface area (Å²) in [6.45, 7) is 4.86. The molecule has 0 saturated carbocycles.